The summed E-state index contributed by atoms with van der Waals surface area (Å²) in [7, 11) is 0. The molecule has 0 aliphatic carbocycles. The van der Waals surface area contributed by atoms with Crippen LogP contribution in [0.4, 0.5) is 17.6 Å². The van der Waals surface area contributed by atoms with Crippen molar-refractivity contribution >= 4 is 5.97 Å². The zero-order chi connectivity index (χ0) is 21.8. The van der Waals surface area contributed by atoms with Gasteiger partial charge < -0.3 is 14.9 Å². The van der Waals surface area contributed by atoms with Crippen molar-refractivity contribution in [2.24, 2.45) is 0 Å². The summed E-state index contributed by atoms with van der Waals surface area (Å²) in [5, 5.41) is 18.7. The third-order valence-electron chi connectivity index (χ3n) is 4.48. The van der Waals surface area contributed by atoms with E-state index in [1.54, 1.807) is 0 Å². The summed E-state index contributed by atoms with van der Waals surface area (Å²) in [5.74, 6) is -5.61. The van der Waals surface area contributed by atoms with Gasteiger partial charge >= 0.3 is 5.97 Å². The lowest BCUT2D eigenvalue weighted by atomic mass is 9.97. The summed E-state index contributed by atoms with van der Waals surface area (Å²) in [6.07, 6.45) is -0.601. The first-order valence-electron chi connectivity index (χ1n) is 8.85. The van der Waals surface area contributed by atoms with E-state index in [2.05, 4.69) is 0 Å². The molecule has 0 spiro atoms. The van der Waals surface area contributed by atoms with Crippen LogP contribution in [-0.4, -0.2) is 22.8 Å². The van der Waals surface area contributed by atoms with Crippen LogP contribution < -0.4 is 4.74 Å². The van der Waals surface area contributed by atoms with Gasteiger partial charge in [0.15, 0.2) is 18.2 Å². The van der Waals surface area contributed by atoms with Gasteiger partial charge in [0.1, 0.15) is 23.2 Å². The normalized spacial score (nSPS) is 10.8. The highest BCUT2D eigenvalue weighted by molar-refractivity contribution is 5.68. The fraction of sp³-hybridized carbons (Fsp3) is 0.136. The molecule has 3 rings (SSSR count). The van der Waals surface area contributed by atoms with Crippen LogP contribution in [0.15, 0.2) is 48.5 Å². The highest BCUT2D eigenvalue weighted by Gasteiger charge is 2.19. The minimum absolute atomic E-state index is 0.0294. The summed E-state index contributed by atoms with van der Waals surface area (Å²) in [6, 6.07) is 9.60. The Morgan fingerprint density at radius 2 is 1.63 bits per heavy atom. The van der Waals surface area contributed by atoms with E-state index in [9.17, 15) is 27.5 Å². The van der Waals surface area contributed by atoms with Gasteiger partial charge in [-0.3, -0.25) is 0 Å². The fourth-order valence-corrected chi connectivity index (χ4v) is 3.03. The van der Waals surface area contributed by atoms with Crippen molar-refractivity contribution < 1.29 is 37.3 Å². The number of halogens is 4. The third-order valence-corrected chi connectivity index (χ3v) is 4.48. The number of carbonyl (C=O) groups is 1. The van der Waals surface area contributed by atoms with Gasteiger partial charge in [-0.2, -0.15) is 0 Å². The Balaban J connectivity index is 1.90. The predicted molar refractivity (Wildman–Crippen MR) is 100 cm³/mol. The zero-order valence-electron chi connectivity index (χ0n) is 15.5. The van der Waals surface area contributed by atoms with Crippen molar-refractivity contribution in [2.75, 3.05) is 6.61 Å². The van der Waals surface area contributed by atoms with E-state index in [0.717, 1.165) is 18.2 Å². The molecule has 0 heterocycles. The number of carboxylic acid groups (broad SMARTS) is 1. The molecule has 30 heavy (non-hydrogen) atoms. The van der Waals surface area contributed by atoms with Gasteiger partial charge in [0.05, 0.1) is 0 Å². The molecule has 4 nitrogen and oxygen atoms in total. The summed E-state index contributed by atoms with van der Waals surface area (Å²) in [5.41, 5.74) is -0.350. The maximum absolute atomic E-state index is 15.0. The molecule has 0 radical (unpaired) electrons. The van der Waals surface area contributed by atoms with Crippen LogP contribution in [-0.2, 0) is 17.6 Å². The summed E-state index contributed by atoms with van der Waals surface area (Å²) < 4.78 is 61.9. The molecular weight excluding hydrogens is 404 g/mol. The van der Waals surface area contributed by atoms with E-state index in [-0.39, 0.29) is 29.5 Å². The second kappa shape index (κ2) is 8.86. The van der Waals surface area contributed by atoms with E-state index in [0.29, 0.717) is 0 Å². The lowest BCUT2D eigenvalue weighted by Crippen LogP contribution is -2.11. The number of benzene rings is 3. The van der Waals surface area contributed by atoms with Crippen LogP contribution in [0.2, 0.25) is 0 Å². The molecule has 0 saturated carbocycles. The minimum atomic E-state index is -1.33. The first kappa shape index (κ1) is 21.2. The predicted octanol–water partition coefficient (Wildman–Crippen LogP) is 4.86. The van der Waals surface area contributed by atoms with Crippen LogP contribution in [0.1, 0.15) is 11.1 Å². The quantitative estimate of drug-likeness (QED) is 0.536. The maximum Gasteiger partial charge on any atom is 0.341 e. The average Bonchev–Trinajstić information content (AvgIpc) is 2.69. The molecule has 0 aliphatic heterocycles. The van der Waals surface area contributed by atoms with Gasteiger partial charge in [-0.05, 0) is 54.8 Å². The number of phenols is 1. The van der Waals surface area contributed by atoms with Crippen molar-refractivity contribution in [3.8, 4) is 22.6 Å². The molecule has 8 heteroatoms. The monoisotopic (exact) mass is 420 g/mol. The summed E-state index contributed by atoms with van der Waals surface area (Å²) in [4.78, 5) is 10.6. The second-order valence-corrected chi connectivity index (χ2v) is 6.46. The number of ether oxygens (including phenoxy) is 1. The number of rotatable bonds is 7. The Labute approximate surface area is 169 Å². The zero-order valence-corrected chi connectivity index (χ0v) is 15.5. The van der Waals surface area contributed by atoms with Gasteiger partial charge in [0, 0.05) is 16.7 Å². The van der Waals surface area contributed by atoms with E-state index < -0.39 is 52.9 Å². The second-order valence-electron chi connectivity index (χ2n) is 6.46. The van der Waals surface area contributed by atoms with Crippen LogP contribution in [0.5, 0.6) is 11.5 Å². The molecule has 0 aliphatic rings. The first-order valence-corrected chi connectivity index (χ1v) is 8.85. The number of phenolic OH excluding ortho intramolecular Hbond substituents is 1. The van der Waals surface area contributed by atoms with Crippen molar-refractivity contribution in [1.29, 1.82) is 0 Å². The standard InChI is InChI=1S/C22H16F4O4/c23-13-3-1-2-12(10-13)14-6-8-18(27)16(21(14)25)5-4-15-17(24)7-9-19(22(15)26)30-11-20(28)29/h1-3,6-10,27H,4-5,11H2,(H,28,29). The minimum Gasteiger partial charge on any atom is -0.508 e. The van der Waals surface area contributed by atoms with E-state index in [1.807, 2.05) is 0 Å². The molecular formula is C22H16F4O4. The van der Waals surface area contributed by atoms with Crippen molar-refractivity contribution in [2.45, 2.75) is 12.8 Å². The van der Waals surface area contributed by atoms with Gasteiger partial charge in [0.2, 0.25) is 0 Å². The average molecular weight is 420 g/mol. The van der Waals surface area contributed by atoms with Crippen LogP contribution in [0, 0.1) is 23.3 Å². The SMILES string of the molecule is O=C(O)COc1ccc(F)c(CCc2c(O)ccc(-c3cccc(F)c3)c2F)c1F. The highest BCUT2D eigenvalue weighted by Crippen LogP contribution is 2.32. The third kappa shape index (κ3) is 4.53. The molecule has 0 unspecified atom stereocenters. The number of aromatic hydroxyl groups is 1. The van der Waals surface area contributed by atoms with Gasteiger partial charge in [-0.25, -0.2) is 22.4 Å². The summed E-state index contributed by atoms with van der Waals surface area (Å²) in [6.45, 7) is -0.812. The topological polar surface area (TPSA) is 66.8 Å². The Kier molecular flexibility index (Phi) is 6.25. The highest BCUT2D eigenvalue weighted by atomic mass is 19.1. The van der Waals surface area contributed by atoms with Gasteiger partial charge in [-0.15, -0.1) is 0 Å². The molecule has 0 fully saturated rings. The molecule has 3 aromatic rings. The number of hydrogen-bond donors (Lipinski definition) is 2. The van der Waals surface area contributed by atoms with Gasteiger partial charge in [-0.1, -0.05) is 12.1 Å². The maximum atomic E-state index is 15.0. The number of hydrogen-bond acceptors (Lipinski definition) is 3. The lowest BCUT2D eigenvalue weighted by molar-refractivity contribution is -0.139. The Morgan fingerprint density at radius 1 is 0.900 bits per heavy atom. The van der Waals surface area contributed by atoms with Crippen LogP contribution in [0.25, 0.3) is 11.1 Å². The molecule has 0 aromatic heterocycles. The Bertz CT molecular complexity index is 1100. The van der Waals surface area contributed by atoms with Crippen molar-refractivity contribution in [3.05, 3.63) is 82.9 Å². The molecule has 2 N–H and O–H groups in total. The van der Waals surface area contributed by atoms with E-state index in [1.165, 1.54) is 30.3 Å². The summed E-state index contributed by atoms with van der Waals surface area (Å²) >= 11 is 0. The molecule has 0 amide bonds. The van der Waals surface area contributed by atoms with E-state index >= 15 is 0 Å². The molecule has 0 atom stereocenters. The number of aliphatic carboxylic acids is 1. The molecule has 0 bridgehead atoms. The van der Waals surface area contributed by atoms with Crippen molar-refractivity contribution in [3.63, 3.8) is 0 Å². The smallest absolute Gasteiger partial charge is 0.341 e. The lowest BCUT2D eigenvalue weighted by Gasteiger charge is -2.13. The fourth-order valence-electron chi connectivity index (χ4n) is 3.03. The largest absolute Gasteiger partial charge is 0.508 e. The Hall–Kier alpha value is -3.55. The van der Waals surface area contributed by atoms with E-state index in [4.69, 9.17) is 9.84 Å². The molecule has 156 valence electrons. The molecule has 0 saturated heterocycles. The van der Waals surface area contributed by atoms with Crippen molar-refractivity contribution in [1.82, 2.24) is 0 Å². The Morgan fingerprint density at radius 3 is 2.33 bits per heavy atom. The van der Waals surface area contributed by atoms with Crippen LogP contribution >= 0.6 is 0 Å². The number of carboxylic acids is 1. The van der Waals surface area contributed by atoms with Gasteiger partial charge in [0.25, 0.3) is 0 Å². The first-order chi connectivity index (χ1) is 14.3. The van der Waals surface area contributed by atoms with Crippen LogP contribution in [0.3, 0.4) is 0 Å². The molecule has 3 aromatic carbocycles.